The zero-order valence-corrected chi connectivity index (χ0v) is 12.3. The molecule has 0 radical (unpaired) electrons. The van der Waals surface area contributed by atoms with Crippen LogP contribution in [0.4, 0.5) is 0 Å². The third kappa shape index (κ3) is 3.09. The average Bonchev–Trinajstić information content (AvgIpc) is 2.49. The van der Waals surface area contributed by atoms with Gasteiger partial charge in [-0.05, 0) is 55.5 Å². The molecule has 1 heterocycles. The summed E-state index contributed by atoms with van der Waals surface area (Å²) in [5, 5.41) is 1.59. The van der Waals surface area contributed by atoms with E-state index in [-0.39, 0.29) is 0 Å². The largest absolute Gasteiger partial charge is 0.494 e. The van der Waals surface area contributed by atoms with E-state index in [9.17, 15) is 0 Å². The summed E-state index contributed by atoms with van der Waals surface area (Å²) in [6.07, 6.45) is 1.71. The summed E-state index contributed by atoms with van der Waals surface area (Å²) < 4.78 is 11.3. The minimum atomic E-state index is 0.649. The van der Waals surface area contributed by atoms with Crippen LogP contribution < -0.4 is 9.47 Å². The van der Waals surface area contributed by atoms with Gasteiger partial charge in [0.05, 0.1) is 12.1 Å². The molecule has 3 nitrogen and oxygen atoms in total. The third-order valence-corrected chi connectivity index (χ3v) is 3.26. The number of fused-ring (bicyclic) bond motifs is 1. The molecule has 0 N–H and O–H groups in total. The number of rotatable bonds is 4. The van der Waals surface area contributed by atoms with Crippen LogP contribution in [0.1, 0.15) is 6.92 Å². The van der Waals surface area contributed by atoms with Crippen LogP contribution in [0.5, 0.6) is 17.2 Å². The molecule has 0 aliphatic carbocycles. The predicted molar refractivity (Wildman–Crippen MR) is 84.4 cm³/mol. The number of pyridine rings is 1. The van der Waals surface area contributed by atoms with Crippen molar-refractivity contribution in [2.24, 2.45) is 0 Å². The normalized spacial score (nSPS) is 10.6. The molecule has 0 bridgehead atoms. The summed E-state index contributed by atoms with van der Waals surface area (Å²) in [7, 11) is 0. The third-order valence-electron chi connectivity index (χ3n) is 3.03. The number of hydrogen-bond donors (Lipinski definition) is 0. The first-order chi connectivity index (χ1) is 10.3. The molecular weight excluding hydrogens is 286 g/mol. The molecule has 0 unspecified atom stereocenters. The van der Waals surface area contributed by atoms with Crippen molar-refractivity contribution in [2.75, 3.05) is 6.61 Å². The first-order valence-electron chi connectivity index (χ1n) is 6.71. The monoisotopic (exact) mass is 299 g/mol. The number of nitrogens with zero attached hydrogens (tertiary/aromatic N) is 1. The van der Waals surface area contributed by atoms with E-state index in [1.165, 1.54) is 0 Å². The Morgan fingerprint density at radius 3 is 2.52 bits per heavy atom. The maximum absolute atomic E-state index is 5.98. The number of aromatic nitrogens is 1. The van der Waals surface area contributed by atoms with Gasteiger partial charge in [-0.1, -0.05) is 11.6 Å². The number of ether oxygens (including phenoxy) is 2. The molecule has 0 aliphatic rings. The molecule has 2 aromatic carbocycles. The van der Waals surface area contributed by atoms with Crippen molar-refractivity contribution in [1.29, 1.82) is 0 Å². The second kappa shape index (κ2) is 6.02. The fourth-order valence-corrected chi connectivity index (χ4v) is 2.25. The van der Waals surface area contributed by atoms with Crippen molar-refractivity contribution in [3.63, 3.8) is 0 Å². The summed E-state index contributed by atoms with van der Waals surface area (Å²) in [6.45, 7) is 2.61. The predicted octanol–water partition coefficient (Wildman–Crippen LogP) is 5.08. The van der Waals surface area contributed by atoms with Crippen LogP contribution >= 0.6 is 11.6 Å². The number of benzene rings is 2. The Bertz CT molecular complexity index is 756. The fraction of sp³-hybridized carbons (Fsp3) is 0.118. The van der Waals surface area contributed by atoms with Gasteiger partial charge in [0.25, 0.3) is 0 Å². The van der Waals surface area contributed by atoms with Crippen LogP contribution in [-0.2, 0) is 0 Å². The van der Waals surface area contributed by atoms with Gasteiger partial charge in [-0.15, -0.1) is 0 Å². The van der Waals surface area contributed by atoms with Gasteiger partial charge in [-0.25, -0.2) is 0 Å². The first-order valence-corrected chi connectivity index (χ1v) is 7.09. The van der Waals surface area contributed by atoms with Crippen LogP contribution in [0.15, 0.2) is 54.7 Å². The highest BCUT2D eigenvalue weighted by Crippen LogP contribution is 2.30. The Labute approximate surface area is 128 Å². The molecule has 0 amide bonds. The second-order valence-corrected chi connectivity index (χ2v) is 4.91. The van der Waals surface area contributed by atoms with Crippen molar-refractivity contribution in [3.8, 4) is 17.2 Å². The molecule has 0 fully saturated rings. The summed E-state index contributed by atoms with van der Waals surface area (Å²) >= 11 is 5.98. The maximum atomic E-state index is 5.98. The lowest BCUT2D eigenvalue weighted by atomic mass is 10.2. The smallest absolute Gasteiger partial charge is 0.138 e. The lowest BCUT2D eigenvalue weighted by Crippen LogP contribution is -1.91. The van der Waals surface area contributed by atoms with E-state index < -0.39 is 0 Å². The van der Waals surface area contributed by atoms with Gasteiger partial charge in [0.1, 0.15) is 17.2 Å². The van der Waals surface area contributed by atoms with Crippen molar-refractivity contribution in [3.05, 3.63) is 59.8 Å². The minimum Gasteiger partial charge on any atom is -0.494 e. The summed E-state index contributed by atoms with van der Waals surface area (Å²) in [5.74, 6) is 2.33. The Morgan fingerprint density at radius 2 is 1.76 bits per heavy atom. The quantitative estimate of drug-likeness (QED) is 0.673. The maximum Gasteiger partial charge on any atom is 0.138 e. The van der Waals surface area contributed by atoms with Gasteiger partial charge in [0, 0.05) is 16.6 Å². The lowest BCUT2D eigenvalue weighted by Gasteiger charge is -2.09. The Balaban J connectivity index is 1.90. The van der Waals surface area contributed by atoms with E-state index >= 15 is 0 Å². The summed E-state index contributed by atoms with van der Waals surface area (Å²) in [6, 6.07) is 14.9. The molecule has 3 rings (SSSR count). The van der Waals surface area contributed by atoms with Crippen molar-refractivity contribution < 1.29 is 9.47 Å². The first kappa shape index (κ1) is 13.7. The van der Waals surface area contributed by atoms with Gasteiger partial charge in [0.15, 0.2) is 0 Å². The average molecular weight is 300 g/mol. The van der Waals surface area contributed by atoms with Crippen molar-refractivity contribution >= 4 is 22.5 Å². The number of halogens is 1. The van der Waals surface area contributed by atoms with Crippen LogP contribution in [0, 0.1) is 0 Å². The van der Waals surface area contributed by atoms with Crippen LogP contribution in [-0.4, -0.2) is 11.6 Å². The van der Waals surface area contributed by atoms with E-state index in [2.05, 4.69) is 4.98 Å². The molecule has 21 heavy (non-hydrogen) atoms. The Morgan fingerprint density at radius 1 is 1.00 bits per heavy atom. The highest BCUT2D eigenvalue weighted by atomic mass is 35.5. The highest BCUT2D eigenvalue weighted by molar-refractivity contribution is 6.31. The van der Waals surface area contributed by atoms with Crippen LogP contribution in [0.25, 0.3) is 10.9 Å². The lowest BCUT2D eigenvalue weighted by molar-refractivity contribution is 0.339. The Hall–Kier alpha value is -2.26. The van der Waals surface area contributed by atoms with Crippen molar-refractivity contribution in [2.45, 2.75) is 6.92 Å². The van der Waals surface area contributed by atoms with Crippen LogP contribution in [0.2, 0.25) is 5.02 Å². The topological polar surface area (TPSA) is 31.4 Å². The molecular formula is C17H14ClNO2. The van der Waals surface area contributed by atoms with Gasteiger partial charge in [-0.3, -0.25) is 4.98 Å². The van der Waals surface area contributed by atoms with E-state index in [4.69, 9.17) is 21.1 Å². The molecule has 0 saturated heterocycles. The summed E-state index contributed by atoms with van der Waals surface area (Å²) in [4.78, 5) is 4.30. The van der Waals surface area contributed by atoms with E-state index in [1.807, 2.05) is 55.5 Å². The molecule has 3 aromatic rings. The molecule has 0 spiro atoms. The van der Waals surface area contributed by atoms with Gasteiger partial charge in [0.2, 0.25) is 0 Å². The van der Waals surface area contributed by atoms with E-state index in [0.717, 1.165) is 28.2 Å². The van der Waals surface area contributed by atoms with Gasteiger partial charge < -0.3 is 9.47 Å². The van der Waals surface area contributed by atoms with Crippen molar-refractivity contribution in [1.82, 2.24) is 4.98 Å². The standard InChI is InChI=1S/C17H14ClNO2/c1-2-20-13-4-6-14(7-5-13)21-17-9-10-19-16-11-12(18)3-8-15(16)17/h3-11H,2H2,1H3. The molecule has 0 saturated carbocycles. The molecule has 4 heteroatoms. The van der Waals surface area contributed by atoms with Gasteiger partial charge >= 0.3 is 0 Å². The second-order valence-electron chi connectivity index (χ2n) is 4.48. The zero-order valence-electron chi connectivity index (χ0n) is 11.5. The fourth-order valence-electron chi connectivity index (χ4n) is 2.08. The zero-order chi connectivity index (χ0) is 14.7. The Kier molecular flexibility index (Phi) is 3.93. The summed E-state index contributed by atoms with van der Waals surface area (Å²) in [5.41, 5.74) is 0.811. The van der Waals surface area contributed by atoms with E-state index in [1.54, 1.807) is 6.20 Å². The molecule has 0 atom stereocenters. The molecule has 106 valence electrons. The molecule has 1 aromatic heterocycles. The SMILES string of the molecule is CCOc1ccc(Oc2ccnc3cc(Cl)ccc23)cc1. The highest BCUT2D eigenvalue weighted by Gasteiger charge is 2.05. The number of hydrogen-bond acceptors (Lipinski definition) is 3. The minimum absolute atomic E-state index is 0.649. The molecule has 0 aliphatic heterocycles. The van der Waals surface area contributed by atoms with Crippen LogP contribution in [0.3, 0.4) is 0 Å². The van der Waals surface area contributed by atoms with Gasteiger partial charge in [-0.2, -0.15) is 0 Å². The van der Waals surface area contributed by atoms with E-state index in [0.29, 0.717) is 11.6 Å².